The summed E-state index contributed by atoms with van der Waals surface area (Å²) in [6.07, 6.45) is 2.34. The molecule has 2 nitrogen and oxygen atoms in total. The van der Waals surface area contributed by atoms with Crippen LogP contribution in [0.3, 0.4) is 0 Å². The fourth-order valence-corrected chi connectivity index (χ4v) is 4.54. The molecule has 0 spiro atoms. The zero-order valence-corrected chi connectivity index (χ0v) is 14.9. The van der Waals surface area contributed by atoms with Crippen LogP contribution in [0.4, 0.5) is 0 Å². The SMILES string of the molecule is CCN1CCS/C1=C/c1sc2ccccc2[n+]1C.[I-]. The highest BCUT2D eigenvalue weighted by molar-refractivity contribution is 8.03. The van der Waals surface area contributed by atoms with E-state index < -0.39 is 0 Å². The van der Waals surface area contributed by atoms with Gasteiger partial charge >= 0.3 is 0 Å². The summed E-state index contributed by atoms with van der Waals surface area (Å²) in [5.41, 5.74) is 1.32. The average Bonchev–Trinajstić information content (AvgIpc) is 2.96. The number of aromatic nitrogens is 1. The normalized spacial score (nSPS) is 17.2. The summed E-state index contributed by atoms with van der Waals surface area (Å²) in [4.78, 5) is 2.45. The Morgan fingerprint density at radius 2 is 2.16 bits per heavy atom. The molecular weight excluding hydrogens is 387 g/mol. The van der Waals surface area contributed by atoms with Crippen molar-refractivity contribution in [3.8, 4) is 0 Å². The number of benzene rings is 1. The molecule has 1 aliphatic heterocycles. The number of fused-ring (bicyclic) bond motifs is 1. The van der Waals surface area contributed by atoms with Crippen molar-refractivity contribution in [1.82, 2.24) is 4.90 Å². The van der Waals surface area contributed by atoms with Gasteiger partial charge in [0.15, 0.2) is 0 Å². The molecule has 0 N–H and O–H groups in total. The highest BCUT2D eigenvalue weighted by atomic mass is 127. The first-order valence-electron chi connectivity index (χ1n) is 6.26. The molecule has 2 heterocycles. The second-order valence-electron chi connectivity index (χ2n) is 4.38. The lowest BCUT2D eigenvalue weighted by Gasteiger charge is -2.14. The summed E-state index contributed by atoms with van der Waals surface area (Å²) in [6.45, 7) is 4.51. The molecule has 5 heteroatoms. The summed E-state index contributed by atoms with van der Waals surface area (Å²) in [5.74, 6) is 1.22. The standard InChI is InChI=1S/C14H17N2S2.HI/c1-3-16-8-9-17-14(16)10-13-15(2)11-6-4-5-7-12(11)18-13;/h4-7,10H,3,8-9H2,1-2H3;1H/q+1;/p-1. The number of thiazole rings is 1. The zero-order valence-electron chi connectivity index (χ0n) is 11.1. The van der Waals surface area contributed by atoms with Crippen LogP contribution in [0.15, 0.2) is 29.3 Å². The van der Waals surface area contributed by atoms with Crippen LogP contribution in [0.25, 0.3) is 16.3 Å². The van der Waals surface area contributed by atoms with Crippen molar-refractivity contribution >= 4 is 39.4 Å². The third kappa shape index (κ3) is 2.92. The summed E-state index contributed by atoms with van der Waals surface area (Å²) in [7, 11) is 2.15. The number of para-hydroxylation sites is 1. The van der Waals surface area contributed by atoms with Gasteiger partial charge < -0.3 is 28.9 Å². The van der Waals surface area contributed by atoms with Crippen molar-refractivity contribution in [1.29, 1.82) is 0 Å². The van der Waals surface area contributed by atoms with E-state index in [2.05, 4.69) is 53.8 Å². The fraction of sp³-hybridized carbons (Fsp3) is 0.357. The highest BCUT2D eigenvalue weighted by Gasteiger charge is 2.20. The molecule has 19 heavy (non-hydrogen) atoms. The Labute approximate surface area is 139 Å². The van der Waals surface area contributed by atoms with Gasteiger partial charge in [-0.3, -0.25) is 0 Å². The monoisotopic (exact) mass is 404 g/mol. The number of nitrogens with zero attached hydrogens (tertiary/aromatic N) is 2. The number of thioether (sulfide) groups is 1. The molecule has 0 aliphatic carbocycles. The van der Waals surface area contributed by atoms with Crippen LogP contribution in [0, 0.1) is 0 Å². The largest absolute Gasteiger partial charge is 1.00 e. The number of aryl methyl sites for hydroxylation is 1. The molecule has 0 amide bonds. The molecule has 1 aliphatic rings. The topological polar surface area (TPSA) is 7.12 Å². The van der Waals surface area contributed by atoms with Crippen molar-refractivity contribution in [2.24, 2.45) is 7.05 Å². The van der Waals surface area contributed by atoms with Crippen molar-refractivity contribution in [3.63, 3.8) is 0 Å². The second-order valence-corrected chi connectivity index (χ2v) is 6.56. The molecule has 2 aromatic rings. The molecule has 102 valence electrons. The van der Waals surface area contributed by atoms with E-state index in [4.69, 9.17) is 0 Å². The lowest BCUT2D eigenvalue weighted by atomic mass is 10.3. The summed E-state index contributed by atoms with van der Waals surface area (Å²) in [6, 6.07) is 8.60. The van der Waals surface area contributed by atoms with Gasteiger partial charge in [-0.25, -0.2) is 0 Å². The number of rotatable bonds is 2. The Morgan fingerprint density at radius 1 is 1.37 bits per heavy atom. The van der Waals surface area contributed by atoms with Crippen molar-refractivity contribution in [3.05, 3.63) is 34.3 Å². The first-order chi connectivity index (χ1) is 8.79. The fourth-order valence-electron chi connectivity index (χ4n) is 2.26. The van der Waals surface area contributed by atoms with Gasteiger partial charge in [-0.05, 0) is 13.0 Å². The van der Waals surface area contributed by atoms with E-state index >= 15 is 0 Å². The smallest absolute Gasteiger partial charge is 0.265 e. The van der Waals surface area contributed by atoms with E-state index in [0.717, 1.165) is 6.54 Å². The lowest BCUT2D eigenvalue weighted by Crippen LogP contribution is -3.00. The number of hydrogen-bond acceptors (Lipinski definition) is 3. The molecule has 3 rings (SSSR count). The Hall–Kier alpha value is -0.270. The van der Waals surface area contributed by atoms with Crippen LogP contribution in [-0.4, -0.2) is 23.7 Å². The van der Waals surface area contributed by atoms with Gasteiger partial charge in [-0.1, -0.05) is 23.5 Å². The van der Waals surface area contributed by atoms with Crippen molar-refractivity contribution in [2.75, 3.05) is 18.8 Å². The molecule has 0 saturated carbocycles. The van der Waals surface area contributed by atoms with Gasteiger partial charge in [0, 0.05) is 24.9 Å². The van der Waals surface area contributed by atoms with Gasteiger partial charge in [0.1, 0.15) is 11.7 Å². The Morgan fingerprint density at radius 3 is 2.89 bits per heavy atom. The molecule has 0 radical (unpaired) electrons. The van der Waals surface area contributed by atoms with Gasteiger partial charge in [0.05, 0.1) is 11.1 Å². The molecule has 0 bridgehead atoms. The van der Waals surface area contributed by atoms with Crippen LogP contribution in [0.5, 0.6) is 0 Å². The molecule has 1 aromatic heterocycles. The van der Waals surface area contributed by atoms with Crippen LogP contribution >= 0.6 is 23.1 Å². The van der Waals surface area contributed by atoms with E-state index in [1.54, 1.807) is 0 Å². The van der Waals surface area contributed by atoms with Gasteiger partial charge in [-0.15, -0.1) is 11.8 Å². The van der Waals surface area contributed by atoms with Gasteiger partial charge in [-0.2, -0.15) is 4.57 Å². The summed E-state index contributed by atoms with van der Waals surface area (Å²) in [5, 5.41) is 2.75. The molecule has 0 atom stereocenters. The van der Waals surface area contributed by atoms with E-state index in [0.29, 0.717) is 0 Å². The summed E-state index contributed by atoms with van der Waals surface area (Å²) >= 11 is 3.84. The minimum absolute atomic E-state index is 0. The number of hydrogen-bond donors (Lipinski definition) is 0. The maximum Gasteiger partial charge on any atom is 0.265 e. The highest BCUT2D eigenvalue weighted by Crippen LogP contribution is 2.30. The molecular formula is C14H17IN2S2. The Balaban J connectivity index is 0.00000133. The quantitative estimate of drug-likeness (QED) is 0.518. The molecule has 0 unspecified atom stereocenters. The maximum absolute atomic E-state index is 2.45. The predicted octanol–water partition coefficient (Wildman–Crippen LogP) is 0.0969. The Kier molecular flexibility index (Phi) is 5.14. The maximum atomic E-state index is 2.45. The second kappa shape index (κ2) is 6.45. The van der Waals surface area contributed by atoms with Crippen LogP contribution in [0.2, 0.25) is 0 Å². The van der Waals surface area contributed by atoms with E-state index in [-0.39, 0.29) is 24.0 Å². The first-order valence-corrected chi connectivity index (χ1v) is 8.07. The zero-order chi connectivity index (χ0) is 12.5. The number of halogens is 1. The minimum Gasteiger partial charge on any atom is -1.00 e. The van der Waals surface area contributed by atoms with E-state index in [9.17, 15) is 0 Å². The Bertz CT molecular complexity index is 607. The van der Waals surface area contributed by atoms with Crippen molar-refractivity contribution < 1.29 is 28.5 Å². The lowest BCUT2D eigenvalue weighted by molar-refractivity contribution is -0.642. The van der Waals surface area contributed by atoms with E-state index in [1.165, 1.54) is 32.6 Å². The average molecular weight is 404 g/mol. The van der Waals surface area contributed by atoms with Gasteiger partial charge in [0.2, 0.25) is 5.52 Å². The van der Waals surface area contributed by atoms with Crippen LogP contribution < -0.4 is 28.5 Å². The molecule has 1 saturated heterocycles. The van der Waals surface area contributed by atoms with Crippen molar-refractivity contribution in [2.45, 2.75) is 6.92 Å². The minimum atomic E-state index is 0. The third-order valence-electron chi connectivity index (χ3n) is 3.32. The van der Waals surface area contributed by atoms with Gasteiger partial charge in [0.25, 0.3) is 5.01 Å². The molecule has 1 fully saturated rings. The predicted molar refractivity (Wildman–Crippen MR) is 80.7 cm³/mol. The van der Waals surface area contributed by atoms with E-state index in [1.807, 2.05) is 23.1 Å². The first kappa shape index (κ1) is 15.1. The third-order valence-corrected chi connectivity index (χ3v) is 5.55. The van der Waals surface area contributed by atoms with Crippen LogP contribution in [0.1, 0.15) is 11.9 Å². The molecule has 1 aromatic carbocycles. The summed E-state index contributed by atoms with van der Waals surface area (Å²) < 4.78 is 3.65. The van der Waals surface area contributed by atoms with Crippen LogP contribution in [-0.2, 0) is 7.05 Å².